The first-order valence-electron chi connectivity index (χ1n) is 9.56. The number of carbonyl (C=O) groups is 2. The third-order valence-corrected chi connectivity index (χ3v) is 4.28. The number of hydrogen-bond donors (Lipinski definition) is 2. The number of ether oxygens (including phenoxy) is 1. The number of nitro groups is 1. The standard InChI is InChI=1S/C21H26N4O5/c1-4-30-13-5-12-22-21(27)18-14-16(8-11-19(18)24(2)3)23-20(26)15-6-9-17(10-7-15)25(28)29/h6-11,14H,4-5,12-13H2,1-3H3,(H,22,27)(H,23,26). The number of nitro benzene ring substituents is 1. The highest BCUT2D eigenvalue weighted by molar-refractivity contribution is 6.06. The molecule has 2 aromatic rings. The van der Waals surface area contributed by atoms with Crippen LogP contribution in [-0.4, -0.2) is 50.6 Å². The molecule has 2 amide bonds. The van der Waals surface area contributed by atoms with Gasteiger partial charge < -0.3 is 20.3 Å². The van der Waals surface area contributed by atoms with E-state index in [4.69, 9.17) is 4.74 Å². The molecular formula is C21H26N4O5. The van der Waals surface area contributed by atoms with Gasteiger partial charge in [-0.2, -0.15) is 0 Å². The molecule has 0 aliphatic rings. The average molecular weight is 414 g/mol. The van der Waals surface area contributed by atoms with Crippen LogP contribution in [0.3, 0.4) is 0 Å². The third kappa shape index (κ3) is 6.28. The van der Waals surface area contributed by atoms with Crippen LogP contribution in [0.4, 0.5) is 17.1 Å². The summed E-state index contributed by atoms with van der Waals surface area (Å²) < 4.78 is 5.26. The van der Waals surface area contributed by atoms with Gasteiger partial charge in [-0.05, 0) is 43.7 Å². The summed E-state index contributed by atoms with van der Waals surface area (Å²) in [6, 6.07) is 10.4. The smallest absolute Gasteiger partial charge is 0.269 e. The minimum atomic E-state index is -0.527. The number of carbonyl (C=O) groups excluding carboxylic acids is 2. The van der Waals surface area contributed by atoms with Crippen molar-refractivity contribution in [3.63, 3.8) is 0 Å². The van der Waals surface area contributed by atoms with Gasteiger partial charge in [0, 0.05) is 62.9 Å². The third-order valence-electron chi connectivity index (χ3n) is 4.28. The zero-order valence-corrected chi connectivity index (χ0v) is 17.3. The quantitative estimate of drug-likeness (QED) is 0.351. The summed E-state index contributed by atoms with van der Waals surface area (Å²) >= 11 is 0. The van der Waals surface area contributed by atoms with E-state index < -0.39 is 10.8 Å². The van der Waals surface area contributed by atoms with Gasteiger partial charge in [0.15, 0.2) is 0 Å². The molecule has 0 fully saturated rings. The molecule has 0 unspecified atom stereocenters. The normalized spacial score (nSPS) is 10.4. The van der Waals surface area contributed by atoms with Crippen LogP contribution < -0.4 is 15.5 Å². The zero-order valence-electron chi connectivity index (χ0n) is 17.3. The van der Waals surface area contributed by atoms with E-state index in [0.29, 0.717) is 43.1 Å². The van der Waals surface area contributed by atoms with Crippen LogP contribution in [0.5, 0.6) is 0 Å². The second-order valence-electron chi connectivity index (χ2n) is 6.69. The molecular weight excluding hydrogens is 388 g/mol. The van der Waals surface area contributed by atoms with Gasteiger partial charge in [0.05, 0.1) is 10.5 Å². The number of nitrogens with zero attached hydrogens (tertiary/aromatic N) is 2. The van der Waals surface area contributed by atoms with Crippen molar-refractivity contribution < 1.29 is 19.2 Å². The molecule has 0 aliphatic carbocycles. The summed E-state index contributed by atoms with van der Waals surface area (Å²) in [5, 5.41) is 16.3. The van der Waals surface area contributed by atoms with Gasteiger partial charge in [-0.15, -0.1) is 0 Å². The van der Waals surface area contributed by atoms with Crippen molar-refractivity contribution in [2.75, 3.05) is 44.1 Å². The molecule has 0 spiro atoms. The first kappa shape index (κ1) is 22.8. The van der Waals surface area contributed by atoms with E-state index >= 15 is 0 Å². The molecule has 9 nitrogen and oxygen atoms in total. The molecule has 160 valence electrons. The maximum atomic E-state index is 12.7. The van der Waals surface area contributed by atoms with Crippen molar-refractivity contribution >= 4 is 28.9 Å². The molecule has 2 aromatic carbocycles. The fraction of sp³-hybridized carbons (Fsp3) is 0.333. The Kier molecular flexibility index (Phi) is 8.30. The van der Waals surface area contributed by atoms with Gasteiger partial charge in [0.2, 0.25) is 0 Å². The Hall–Kier alpha value is -3.46. The van der Waals surface area contributed by atoms with Crippen LogP contribution in [0.1, 0.15) is 34.1 Å². The topological polar surface area (TPSA) is 114 Å². The lowest BCUT2D eigenvalue weighted by Gasteiger charge is -2.18. The number of amides is 2. The fourth-order valence-corrected chi connectivity index (χ4v) is 2.74. The Morgan fingerprint density at radius 1 is 1.10 bits per heavy atom. The summed E-state index contributed by atoms with van der Waals surface area (Å²) in [4.78, 5) is 37.2. The minimum absolute atomic E-state index is 0.0924. The minimum Gasteiger partial charge on any atom is -0.382 e. The number of benzene rings is 2. The Bertz CT molecular complexity index is 897. The molecule has 0 aliphatic heterocycles. The maximum absolute atomic E-state index is 12.7. The fourth-order valence-electron chi connectivity index (χ4n) is 2.74. The van der Waals surface area contributed by atoms with Crippen LogP contribution >= 0.6 is 0 Å². The molecule has 0 radical (unpaired) electrons. The van der Waals surface area contributed by atoms with Crippen molar-refractivity contribution in [3.8, 4) is 0 Å². The van der Waals surface area contributed by atoms with Crippen LogP contribution in [0.25, 0.3) is 0 Å². The second-order valence-corrected chi connectivity index (χ2v) is 6.69. The number of non-ortho nitro benzene ring substituents is 1. The van der Waals surface area contributed by atoms with E-state index in [1.54, 1.807) is 18.2 Å². The van der Waals surface area contributed by atoms with Crippen molar-refractivity contribution in [1.82, 2.24) is 5.32 Å². The molecule has 0 saturated carbocycles. The first-order chi connectivity index (χ1) is 14.3. The van der Waals surface area contributed by atoms with E-state index in [9.17, 15) is 19.7 Å². The van der Waals surface area contributed by atoms with E-state index in [1.807, 2.05) is 25.9 Å². The molecule has 0 aromatic heterocycles. The van der Waals surface area contributed by atoms with E-state index in [1.165, 1.54) is 24.3 Å². The van der Waals surface area contributed by atoms with Gasteiger partial charge in [-0.25, -0.2) is 0 Å². The number of nitrogens with one attached hydrogen (secondary N) is 2. The van der Waals surface area contributed by atoms with Crippen LogP contribution in [0, 0.1) is 10.1 Å². The van der Waals surface area contributed by atoms with Gasteiger partial charge in [-0.1, -0.05) is 0 Å². The SMILES string of the molecule is CCOCCCNC(=O)c1cc(NC(=O)c2ccc([N+](=O)[O-])cc2)ccc1N(C)C. The summed E-state index contributed by atoms with van der Waals surface area (Å²) in [5.74, 6) is -0.674. The maximum Gasteiger partial charge on any atom is 0.269 e. The Morgan fingerprint density at radius 2 is 1.80 bits per heavy atom. The Labute approximate surface area is 175 Å². The summed E-state index contributed by atoms with van der Waals surface area (Å²) in [7, 11) is 3.66. The van der Waals surface area contributed by atoms with Gasteiger partial charge in [0.1, 0.15) is 0 Å². The van der Waals surface area contributed by atoms with Gasteiger partial charge >= 0.3 is 0 Å². The highest BCUT2D eigenvalue weighted by atomic mass is 16.6. The first-order valence-corrected chi connectivity index (χ1v) is 9.56. The number of rotatable bonds is 10. The molecule has 0 saturated heterocycles. The van der Waals surface area contributed by atoms with Gasteiger partial charge in [0.25, 0.3) is 17.5 Å². The van der Waals surface area contributed by atoms with E-state index in [2.05, 4.69) is 10.6 Å². The van der Waals surface area contributed by atoms with Crippen molar-refractivity contribution in [3.05, 3.63) is 63.7 Å². The molecule has 9 heteroatoms. The Balaban J connectivity index is 2.13. The second kappa shape index (κ2) is 10.9. The van der Waals surface area contributed by atoms with Crippen LogP contribution in [0.2, 0.25) is 0 Å². The predicted octanol–water partition coefficient (Wildman–Crippen LogP) is 3.07. The van der Waals surface area contributed by atoms with Crippen molar-refractivity contribution in [2.24, 2.45) is 0 Å². The lowest BCUT2D eigenvalue weighted by atomic mass is 10.1. The van der Waals surface area contributed by atoms with E-state index in [-0.39, 0.29) is 17.2 Å². The van der Waals surface area contributed by atoms with Crippen molar-refractivity contribution in [2.45, 2.75) is 13.3 Å². The van der Waals surface area contributed by atoms with Crippen molar-refractivity contribution in [1.29, 1.82) is 0 Å². The summed E-state index contributed by atoms with van der Waals surface area (Å²) in [6.07, 6.45) is 0.702. The lowest BCUT2D eigenvalue weighted by molar-refractivity contribution is -0.384. The number of hydrogen-bond acceptors (Lipinski definition) is 6. The summed E-state index contributed by atoms with van der Waals surface area (Å²) in [5.41, 5.74) is 1.77. The van der Waals surface area contributed by atoms with E-state index in [0.717, 1.165) is 0 Å². The highest BCUT2D eigenvalue weighted by Gasteiger charge is 2.15. The monoisotopic (exact) mass is 414 g/mol. The predicted molar refractivity (Wildman–Crippen MR) is 115 cm³/mol. The van der Waals surface area contributed by atoms with Crippen LogP contribution in [0.15, 0.2) is 42.5 Å². The lowest BCUT2D eigenvalue weighted by Crippen LogP contribution is -2.27. The highest BCUT2D eigenvalue weighted by Crippen LogP contribution is 2.23. The Morgan fingerprint density at radius 3 is 2.40 bits per heavy atom. The van der Waals surface area contributed by atoms with Crippen LogP contribution in [-0.2, 0) is 4.74 Å². The molecule has 30 heavy (non-hydrogen) atoms. The van der Waals surface area contributed by atoms with Gasteiger partial charge in [-0.3, -0.25) is 19.7 Å². The molecule has 2 N–H and O–H groups in total. The largest absolute Gasteiger partial charge is 0.382 e. The molecule has 0 bridgehead atoms. The average Bonchev–Trinajstić information content (AvgIpc) is 2.73. The molecule has 2 rings (SSSR count). The zero-order chi connectivity index (χ0) is 22.1. The molecule has 0 heterocycles. The molecule has 0 atom stereocenters. The summed E-state index contributed by atoms with van der Waals surface area (Å²) in [6.45, 7) is 3.60. The number of anilines is 2.